The first-order valence-electron chi connectivity index (χ1n) is 6.56. The Balaban J connectivity index is 2.69. The van der Waals surface area contributed by atoms with Crippen molar-refractivity contribution in [3.8, 4) is 5.75 Å². The van der Waals surface area contributed by atoms with E-state index in [-0.39, 0.29) is 5.41 Å². The maximum absolute atomic E-state index is 9.64. The molecule has 0 aliphatic heterocycles. The Morgan fingerprint density at radius 1 is 1.11 bits per heavy atom. The molecule has 2 heteroatoms. The topological polar surface area (TPSA) is 29.5 Å². The van der Waals surface area contributed by atoms with Crippen LogP contribution in [0.15, 0.2) is 18.2 Å². The minimum atomic E-state index is -0.667. The second kappa shape index (κ2) is 5.31. The SMILES string of the molecule is Cc1cc(C(C)(C)C)ccc1OCCC(C)(C)O. The Hall–Kier alpha value is -1.02. The molecule has 0 amide bonds. The number of hydrogen-bond acceptors (Lipinski definition) is 2. The molecule has 1 N–H and O–H groups in total. The summed E-state index contributed by atoms with van der Waals surface area (Å²) in [4.78, 5) is 0. The van der Waals surface area contributed by atoms with Gasteiger partial charge in [-0.25, -0.2) is 0 Å². The van der Waals surface area contributed by atoms with Crippen LogP contribution in [0.5, 0.6) is 5.75 Å². The summed E-state index contributed by atoms with van der Waals surface area (Å²) in [5, 5.41) is 9.64. The van der Waals surface area contributed by atoms with E-state index in [4.69, 9.17) is 4.74 Å². The summed E-state index contributed by atoms with van der Waals surface area (Å²) in [6, 6.07) is 6.33. The van der Waals surface area contributed by atoms with Gasteiger partial charge in [0.05, 0.1) is 12.2 Å². The minimum absolute atomic E-state index is 0.163. The van der Waals surface area contributed by atoms with Crippen LogP contribution >= 0.6 is 0 Å². The second-order valence-electron chi connectivity index (χ2n) is 6.64. The Morgan fingerprint density at radius 3 is 2.17 bits per heavy atom. The van der Waals surface area contributed by atoms with Gasteiger partial charge in [0.25, 0.3) is 0 Å². The molecule has 0 atom stereocenters. The summed E-state index contributed by atoms with van der Waals surface area (Å²) < 4.78 is 5.72. The molecule has 0 aromatic heterocycles. The van der Waals surface area contributed by atoms with Crippen LogP contribution in [0.3, 0.4) is 0 Å². The van der Waals surface area contributed by atoms with Crippen molar-refractivity contribution in [3.05, 3.63) is 29.3 Å². The molecule has 0 saturated carbocycles. The van der Waals surface area contributed by atoms with Gasteiger partial charge < -0.3 is 9.84 Å². The zero-order valence-corrected chi connectivity index (χ0v) is 12.5. The monoisotopic (exact) mass is 250 g/mol. The van der Waals surface area contributed by atoms with Crippen molar-refractivity contribution in [2.45, 2.75) is 59.0 Å². The second-order valence-corrected chi connectivity index (χ2v) is 6.64. The maximum Gasteiger partial charge on any atom is 0.122 e. The molecule has 0 fully saturated rings. The molecular formula is C16H26O2. The van der Waals surface area contributed by atoms with Gasteiger partial charge >= 0.3 is 0 Å². The van der Waals surface area contributed by atoms with Gasteiger partial charge in [0.15, 0.2) is 0 Å². The van der Waals surface area contributed by atoms with Crippen molar-refractivity contribution in [2.75, 3.05) is 6.61 Å². The largest absolute Gasteiger partial charge is 0.493 e. The standard InChI is InChI=1S/C16H26O2/c1-12-11-13(15(2,3)4)7-8-14(12)18-10-9-16(5,6)17/h7-8,11,17H,9-10H2,1-6H3. The third kappa shape index (κ3) is 4.69. The van der Waals surface area contributed by atoms with E-state index in [1.807, 2.05) is 6.07 Å². The van der Waals surface area contributed by atoms with Crippen molar-refractivity contribution in [1.82, 2.24) is 0 Å². The summed E-state index contributed by atoms with van der Waals surface area (Å²) in [6.45, 7) is 12.8. The lowest BCUT2D eigenvalue weighted by atomic mass is 9.86. The van der Waals surface area contributed by atoms with E-state index >= 15 is 0 Å². The molecule has 1 aromatic rings. The van der Waals surface area contributed by atoms with Crippen LogP contribution in [0, 0.1) is 6.92 Å². The van der Waals surface area contributed by atoms with Gasteiger partial charge in [-0.05, 0) is 43.4 Å². The summed E-state index contributed by atoms with van der Waals surface area (Å²) in [6.07, 6.45) is 0.632. The highest BCUT2D eigenvalue weighted by molar-refractivity contribution is 5.38. The van der Waals surface area contributed by atoms with Crippen LogP contribution in [-0.4, -0.2) is 17.3 Å². The lowest BCUT2D eigenvalue weighted by molar-refractivity contribution is 0.0552. The van der Waals surface area contributed by atoms with Gasteiger partial charge in [0.2, 0.25) is 0 Å². The van der Waals surface area contributed by atoms with Crippen LogP contribution in [-0.2, 0) is 5.41 Å². The van der Waals surface area contributed by atoms with Gasteiger partial charge in [-0.2, -0.15) is 0 Å². The van der Waals surface area contributed by atoms with E-state index in [0.29, 0.717) is 13.0 Å². The average molecular weight is 250 g/mol. The Morgan fingerprint density at radius 2 is 1.72 bits per heavy atom. The fourth-order valence-corrected chi connectivity index (χ4v) is 1.69. The van der Waals surface area contributed by atoms with Gasteiger partial charge in [-0.1, -0.05) is 32.9 Å². The number of ether oxygens (including phenoxy) is 1. The van der Waals surface area contributed by atoms with Crippen LogP contribution in [0.1, 0.15) is 52.2 Å². The predicted octanol–water partition coefficient (Wildman–Crippen LogP) is 3.83. The van der Waals surface area contributed by atoms with E-state index in [1.54, 1.807) is 13.8 Å². The summed E-state index contributed by atoms with van der Waals surface area (Å²) in [5.41, 5.74) is 1.96. The maximum atomic E-state index is 9.64. The molecule has 0 aliphatic rings. The molecular weight excluding hydrogens is 224 g/mol. The fraction of sp³-hybridized carbons (Fsp3) is 0.625. The van der Waals surface area contributed by atoms with Crippen LogP contribution in [0.25, 0.3) is 0 Å². The van der Waals surface area contributed by atoms with Crippen LogP contribution < -0.4 is 4.74 Å². The molecule has 0 aliphatic carbocycles. The molecule has 0 radical (unpaired) electrons. The highest BCUT2D eigenvalue weighted by atomic mass is 16.5. The smallest absolute Gasteiger partial charge is 0.122 e. The van der Waals surface area contributed by atoms with E-state index in [9.17, 15) is 5.11 Å². The molecule has 0 heterocycles. The van der Waals surface area contributed by atoms with E-state index < -0.39 is 5.60 Å². The Labute approximate surface area is 111 Å². The number of benzene rings is 1. The molecule has 0 unspecified atom stereocenters. The van der Waals surface area contributed by atoms with Gasteiger partial charge in [-0.15, -0.1) is 0 Å². The molecule has 102 valence electrons. The molecule has 1 aromatic carbocycles. The average Bonchev–Trinajstić information content (AvgIpc) is 2.17. The number of rotatable bonds is 4. The molecule has 0 spiro atoms. The van der Waals surface area contributed by atoms with Crippen molar-refractivity contribution >= 4 is 0 Å². The van der Waals surface area contributed by atoms with Gasteiger partial charge in [-0.3, -0.25) is 0 Å². The first-order chi connectivity index (χ1) is 8.09. The third-order valence-electron chi connectivity index (χ3n) is 3.01. The van der Waals surface area contributed by atoms with Crippen molar-refractivity contribution < 1.29 is 9.84 Å². The lowest BCUT2D eigenvalue weighted by Gasteiger charge is -2.21. The molecule has 1 rings (SSSR count). The lowest BCUT2D eigenvalue weighted by Crippen LogP contribution is -2.22. The highest BCUT2D eigenvalue weighted by Gasteiger charge is 2.15. The van der Waals surface area contributed by atoms with E-state index in [2.05, 4.69) is 39.8 Å². The van der Waals surface area contributed by atoms with Crippen LogP contribution in [0.4, 0.5) is 0 Å². The number of aryl methyl sites for hydroxylation is 1. The molecule has 0 saturated heterocycles. The third-order valence-corrected chi connectivity index (χ3v) is 3.01. The van der Waals surface area contributed by atoms with Gasteiger partial charge in [0.1, 0.15) is 5.75 Å². The predicted molar refractivity (Wildman–Crippen MR) is 76.3 cm³/mol. The van der Waals surface area contributed by atoms with Crippen molar-refractivity contribution in [2.24, 2.45) is 0 Å². The Kier molecular flexibility index (Phi) is 4.44. The van der Waals surface area contributed by atoms with E-state index in [1.165, 1.54) is 5.56 Å². The highest BCUT2D eigenvalue weighted by Crippen LogP contribution is 2.27. The first kappa shape index (κ1) is 15.0. The zero-order valence-electron chi connectivity index (χ0n) is 12.5. The minimum Gasteiger partial charge on any atom is -0.493 e. The number of aliphatic hydroxyl groups is 1. The van der Waals surface area contributed by atoms with Gasteiger partial charge in [0, 0.05) is 6.42 Å². The quantitative estimate of drug-likeness (QED) is 0.880. The summed E-state index contributed by atoms with van der Waals surface area (Å²) in [5.74, 6) is 0.909. The zero-order chi connectivity index (χ0) is 14.0. The molecule has 0 bridgehead atoms. The summed E-state index contributed by atoms with van der Waals surface area (Å²) in [7, 11) is 0. The Bertz CT molecular complexity index is 395. The van der Waals surface area contributed by atoms with Crippen LogP contribution in [0.2, 0.25) is 0 Å². The van der Waals surface area contributed by atoms with Crippen molar-refractivity contribution in [3.63, 3.8) is 0 Å². The van der Waals surface area contributed by atoms with E-state index in [0.717, 1.165) is 11.3 Å². The summed E-state index contributed by atoms with van der Waals surface area (Å²) >= 11 is 0. The normalized spacial score (nSPS) is 12.6. The fourth-order valence-electron chi connectivity index (χ4n) is 1.69. The number of hydrogen-bond donors (Lipinski definition) is 1. The molecule has 18 heavy (non-hydrogen) atoms. The van der Waals surface area contributed by atoms with Crippen molar-refractivity contribution in [1.29, 1.82) is 0 Å². The molecule has 2 nitrogen and oxygen atoms in total. The first-order valence-corrected chi connectivity index (χ1v) is 6.56.